The molecule has 0 bridgehead atoms. The van der Waals surface area contributed by atoms with Crippen LogP contribution in [-0.4, -0.2) is 4.57 Å². The predicted molar refractivity (Wildman–Crippen MR) is 62.4 cm³/mol. The summed E-state index contributed by atoms with van der Waals surface area (Å²) in [7, 11) is 0. The van der Waals surface area contributed by atoms with Gasteiger partial charge in [0, 0.05) is 17.2 Å². The third-order valence-corrected chi connectivity index (χ3v) is 3.02. The van der Waals surface area contributed by atoms with Gasteiger partial charge in [0.25, 0.3) is 0 Å². The Bertz CT molecular complexity index is 508. The fraction of sp³-hybridized carbons (Fsp3) is 0.0833. The maximum atomic E-state index is 8.87. The van der Waals surface area contributed by atoms with Crippen LogP contribution >= 0.6 is 15.9 Å². The van der Waals surface area contributed by atoms with E-state index in [1.165, 1.54) is 5.56 Å². The fourth-order valence-electron chi connectivity index (χ4n) is 1.46. The van der Waals surface area contributed by atoms with Crippen LogP contribution in [0.5, 0.6) is 0 Å². The Kier molecular flexibility index (Phi) is 2.89. The molecular weight excluding hydrogens is 252 g/mol. The van der Waals surface area contributed by atoms with E-state index in [9.17, 15) is 0 Å². The Morgan fingerprint density at radius 1 is 1.20 bits per heavy atom. The van der Waals surface area contributed by atoms with E-state index >= 15 is 0 Å². The molecule has 0 saturated carbocycles. The third kappa shape index (κ3) is 2.11. The van der Waals surface area contributed by atoms with Crippen LogP contribution in [0.3, 0.4) is 0 Å². The van der Waals surface area contributed by atoms with E-state index in [-0.39, 0.29) is 0 Å². The van der Waals surface area contributed by atoms with Gasteiger partial charge in [-0.15, -0.1) is 0 Å². The van der Waals surface area contributed by atoms with Crippen molar-refractivity contribution in [3.8, 4) is 6.07 Å². The molecule has 0 saturated heterocycles. The lowest BCUT2D eigenvalue weighted by molar-refractivity contribution is 0.790. The number of hydrogen-bond donors (Lipinski definition) is 0. The lowest BCUT2D eigenvalue weighted by Crippen LogP contribution is -2.00. The largest absolute Gasteiger partial charge is 0.335 e. The molecule has 0 aliphatic rings. The Labute approximate surface area is 96.9 Å². The summed E-state index contributed by atoms with van der Waals surface area (Å²) in [5, 5.41) is 8.87. The Hall–Kier alpha value is -1.53. The number of halogens is 1. The van der Waals surface area contributed by atoms with E-state index in [0.717, 1.165) is 11.0 Å². The molecule has 1 aromatic heterocycles. The monoisotopic (exact) mass is 260 g/mol. The van der Waals surface area contributed by atoms with Crippen LogP contribution in [-0.2, 0) is 6.54 Å². The van der Waals surface area contributed by atoms with Gasteiger partial charge in [-0.05, 0) is 23.8 Å². The molecule has 0 radical (unpaired) electrons. The summed E-state index contributed by atoms with van der Waals surface area (Å²) in [6.07, 6.45) is 1.91. The van der Waals surface area contributed by atoms with Crippen molar-refractivity contribution in [1.82, 2.24) is 4.57 Å². The average Bonchev–Trinajstić information content (AvgIpc) is 2.69. The molecule has 0 unspecified atom stereocenters. The summed E-state index contributed by atoms with van der Waals surface area (Å²) >= 11 is 3.49. The van der Waals surface area contributed by atoms with Crippen molar-refractivity contribution in [3.05, 3.63) is 58.3 Å². The molecule has 1 aromatic carbocycles. The van der Waals surface area contributed by atoms with E-state index in [2.05, 4.69) is 22.0 Å². The van der Waals surface area contributed by atoms with Crippen LogP contribution in [0.15, 0.2) is 47.1 Å². The minimum atomic E-state index is 0.686. The number of nitrogens with zero attached hydrogens (tertiary/aromatic N) is 2. The second-order valence-corrected chi connectivity index (χ2v) is 4.08. The van der Waals surface area contributed by atoms with E-state index in [1.54, 1.807) is 0 Å². The summed E-state index contributed by atoms with van der Waals surface area (Å²) < 4.78 is 3.00. The summed E-state index contributed by atoms with van der Waals surface area (Å²) in [6.45, 7) is 0.720. The number of benzene rings is 1. The van der Waals surface area contributed by atoms with Crippen molar-refractivity contribution in [1.29, 1.82) is 5.26 Å². The highest BCUT2D eigenvalue weighted by molar-refractivity contribution is 9.10. The zero-order valence-electron chi connectivity index (χ0n) is 8.02. The molecule has 2 aromatic rings. The maximum absolute atomic E-state index is 8.87. The summed E-state index contributed by atoms with van der Waals surface area (Å²) in [6, 6.07) is 13.9. The van der Waals surface area contributed by atoms with E-state index in [1.807, 2.05) is 47.2 Å². The Balaban J connectivity index is 2.31. The molecule has 0 spiro atoms. The molecule has 0 aliphatic heterocycles. The second-order valence-electron chi connectivity index (χ2n) is 3.22. The number of hydrogen-bond acceptors (Lipinski definition) is 1. The summed E-state index contributed by atoms with van der Waals surface area (Å²) in [5.74, 6) is 0. The van der Waals surface area contributed by atoms with Gasteiger partial charge < -0.3 is 4.57 Å². The highest BCUT2D eigenvalue weighted by Crippen LogP contribution is 2.17. The molecule has 0 amide bonds. The van der Waals surface area contributed by atoms with Crippen LogP contribution in [0.4, 0.5) is 0 Å². The molecule has 2 rings (SSSR count). The normalized spacial score (nSPS) is 9.87. The minimum Gasteiger partial charge on any atom is -0.335 e. The van der Waals surface area contributed by atoms with Crippen molar-refractivity contribution in [2.45, 2.75) is 6.54 Å². The lowest BCUT2D eigenvalue weighted by Gasteiger charge is -2.06. The van der Waals surface area contributed by atoms with E-state index < -0.39 is 0 Å². The molecule has 74 valence electrons. The van der Waals surface area contributed by atoms with Crippen LogP contribution in [0, 0.1) is 11.3 Å². The van der Waals surface area contributed by atoms with Gasteiger partial charge in [0.1, 0.15) is 11.8 Å². The van der Waals surface area contributed by atoms with Crippen LogP contribution < -0.4 is 0 Å². The smallest absolute Gasteiger partial charge is 0.120 e. The van der Waals surface area contributed by atoms with Gasteiger partial charge in [0.15, 0.2) is 0 Å². The Morgan fingerprint density at radius 2 is 2.00 bits per heavy atom. The predicted octanol–water partition coefficient (Wildman–Crippen LogP) is 3.17. The quantitative estimate of drug-likeness (QED) is 0.816. The molecule has 0 aliphatic carbocycles. The van der Waals surface area contributed by atoms with Crippen molar-refractivity contribution >= 4 is 15.9 Å². The molecule has 3 heteroatoms. The van der Waals surface area contributed by atoms with Gasteiger partial charge in [-0.1, -0.05) is 34.1 Å². The number of nitriles is 1. The highest BCUT2D eigenvalue weighted by atomic mass is 79.9. The Morgan fingerprint density at radius 3 is 2.73 bits per heavy atom. The SMILES string of the molecule is N#Cc1cccn1Cc1ccccc1Br. The van der Waals surface area contributed by atoms with Crippen molar-refractivity contribution in [2.75, 3.05) is 0 Å². The van der Waals surface area contributed by atoms with Crippen molar-refractivity contribution in [2.24, 2.45) is 0 Å². The van der Waals surface area contributed by atoms with Gasteiger partial charge in [-0.3, -0.25) is 0 Å². The topological polar surface area (TPSA) is 28.7 Å². The lowest BCUT2D eigenvalue weighted by atomic mass is 10.2. The third-order valence-electron chi connectivity index (χ3n) is 2.24. The van der Waals surface area contributed by atoms with Crippen molar-refractivity contribution < 1.29 is 0 Å². The first kappa shape index (κ1) is 10.0. The van der Waals surface area contributed by atoms with E-state index in [0.29, 0.717) is 5.69 Å². The standard InChI is InChI=1S/C12H9BrN2/c13-12-6-2-1-4-10(12)9-15-7-3-5-11(15)8-14/h1-7H,9H2. The summed E-state index contributed by atoms with van der Waals surface area (Å²) in [4.78, 5) is 0. The average molecular weight is 261 g/mol. The second kappa shape index (κ2) is 4.33. The van der Waals surface area contributed by atoms with Gasteiger partial charge >= 0.3 is 0 Å². The van der Waals surface area contributed by atoms with Gasteiger partial charge in [0.2, 0.25) is 0 Å². The summed E-state index contributed by atoms with van der Waals surface area (Å²) in [5.41, 5.74) is 1.86. The van der Waals surface area contributed by atoms with Crippen molar-refractivity contribution in [3.63, 3.8) is 0 Å². The first-order valence-corrected chi connectivity index (χ1v) is 5.39. The molecule has 0 atom stereocenters. The van der Waals surface area contributed by atoms with Gasteiger partial charge in [0.05, 0.1) is 0 Å². The molecule has 1 heterocycles. The molecular formula is C12H9BrN2. The van der Waals surface area contributed by atoms with Crippen LogP contribution in [0.1, 0.15) is 11.3 Å². The zero-order valence-corrected chi connectivity index (χ0v) is 9.61. The van der Waals surface area contributed by atoms with Gasteiger partial charge in [-0.2, -0.15) is 5.26 Å². The number of rotatable bonds is 2. The van der Waals surface area contributed by atoms with Crippen LogP contribution in [0.2, 0.25) is 0 Å². The van der Waals surface area contributed by atoms with Crippen LogP contribution in [0.25, 0.3) is 0 Å². The first-order chi connectivity index (χ1) is 7.31. The minimum absolute atomic E-state index is 0.686. The molecule has 0 fully saturated rings. The first-order valence-electron chi connectivity index (χ1n) is 4.60. The maximum Gasteiger partial charge on any atom is 0.120 e. The fourth-order valence-corrected chi connectivity index (χ4v) is 1.87. The molecule has 15 heavy (non-hydrogen) atoms. The molecule has 0 N–H and O–H groups in total. The van der Waals surface area contributed by atoms with Gasteiger partial charge in [-0.25, -0.2) is 0 Å². The molecule has 2 nitrogen and oxygen atoms in total. The van der Waals surface area contributed by atoms with E-state index in [4.69, 9.17) is 5.26 Å². The number of aromatic nitrogens is 1. The highest BCUT2D eigenvalue weighted by Gasteiger charge is 2.02. The zero-order chi connectivity index (χ0) is 10.7.